The number of nitrogens with two attached hydrogens (primary N) is 1. The van der Waals surface area contributed by atoms with Gasteiger partial charge in [0.25, 0.3) is 0 Å². The first kappa shape index (κ1) is 13.2. The van der Waals surface area contributed by atoms with Crippen LogP contribution in [0.3, 0.4) is 0 Å². The van der Waals surface area contributed by atoms with E-state index in [0.29, 0.717) is 6.04 Å². The fraction of sp³-hybridized carbons (Fsp3) is 0.500. The first-order valence-corrected chi connectivity index (χ1v) is 6.89. The normalized spacial score (nSPS) is 25.6. The molecular weight excluding hydrogens is 261 g/mol. The van der Waals surface area contributed by atoms with Crippen LogP contribution in [0.1, 0.15) is 29.6 Å². The minimum Gasteiger partial charge on any atom is -0.478 e. The summed E-state index contributed by atoms with van der Waals surface area (Å²) in [5, 5.41) is 12.2. The minimum absolute atomic E-state index is 0.0468. The number of rotatable bonds is 3. The zero-order chi connectivity index (χ0) is 14.3. The van der Waals surface area contributed by atoms with Gasteiger partial charge in [0.2, 0.25) is 0 Å². The summed E-state index contributed by atoms with van der Waals surface area (Å²) in [6, 6.07) is 2.98. The van der Waals surface area contributed by atoms with Gasteiger partial charge in [-0.1, -0.05) is 0 Å². The molecule has 0 amide bonds. The smallest absolute Gasteiger partial charge is 0.337 e. The molecular formula is C14H18FN3O2. The van der Waals surface area contributed by atoms with Crippen molar-refractivity contribution in [2.75, 3.05) is 24.1 Å². The topological polar surface area (TPSA) is 78.6 Å². The van der Waals surface area contributed by atoms with Crippen LogP contribution in [0.15, 0.2) is 12.1 Å². The summed E-state index contributed by atoms with van der Waals surface area (Å²) < 4.78 is 13.9. The van der Waals surface area contributed by atoms with Gasteiger partial charge in [0.05, 0.1) is 11.3 Å². The second-order valence-corrected chi connectivity index (χ2v) is 5.51. The predicted octanol–water partition coefficient (Wildman–Crippen LogP) is 1.75. The van der Waals surface area contributed by atoms with Gasteiger partial charge in [-0.3, -0.25) is 4.90 Å². The van der Waals surface area contributed by atoms with Crippen molar-refractivity contribution in [2.45, 2.75) is 31.3 Å². The van der Waals surface area contributed by atoms with E-state index >= 15 is 0 Å². The molecule has 2 atom stereocenters. The molecule has 6 heteroatoms. The third kappa shape index (κ3) is 2.20. The number of hydrogen-bond acceptors (Lipinski definition) is 4. The zero-order valence-electron chi connectivity index (χ0n) is 11.1. The molecule has 2 unspecified atom stereocenters. The van der Waals surface area contributed by atoms with Crippen molar-refractivity contribution >= 4 is 17.3 Å². The molecule has 0 aliphatic carbocycles. The fourth-order valence-corrected chi connectivity index (χ4v) is 3.34. The molecule has 2 fully saturated rings. The van der Waals surface area contributed by atoms with Crippen LogP contribution < -0.4 is 11.1 Å². The Kier molecular flexibility index (Phi) is 3.25. The van der Waals surface area contributed by atoms with Crippen molar-refractivity contribution in [3.8, 4) is 0 Å². The van der Waals surface area contributed by atoms with Crippen molar-refractivity contribution < 1.29 is 14.3 Å². The molecule has 2 heterocycles. The highest BCUT2D eigenvalue weighted by atomic mass is 19.1. The van der Waals surface area contributed by atoms with Gasteiger partial charge < -0.3 is 16.2 Å². The first-order chi connectivity index (χ1) is 9.56. The molecule has 3 rings (SSSR count). The van der Waals surface area contributed by atoms with E-state index in [1.807, 2.05) is 0 Å². The van der Waals surface area contributed by atoms with Gasteiger partial charge in [0.15, 0.2) is 0 Å². The molecule has 0 bridgehead atoms. The fourth-order valence-electron chi connectivity index (χ4n) is 3.34. The number of benzene rings is 1. The summed E-state index contributed by atoms with van der Waals surface area (Å²) in [4.78, 5) is 13.5. The van der Waals surface area contributed by atoms with Crippen LogP contribution in [0.2, 0.25) is 0 Å². The molecule has 108 valence electrons. The second-order valence-electron chi connectivity index (χ2n) is 5.51. The number of nitrogen functional groups attached to an aromatic ring is 1. The number of nitrogens with one attached hydrogen (secondary N) is 1. The Morgan fingerprint density at radius 3 is 2.95 bits per heavy atom. The van der Waals surface area contributed by atoms with Gasteiger partial charge in [0, 0.05) is 24.3 Å². The maximum absolute atomic E-state index is 13.9. The van der Waals surface area contributed by atoms with E-state index in [1.165, 1.54) is 12.5 Å². The number of aromatic carboxylic acids is 1. The summed E-state index contributed by atoms with van der Waals surface area (Å²) in [6.07, 6.45) is 3.24. The number of hydrogen-bond donors (Lipinski definition) is 3. The highest BCUT2D eigenvalue weighted by Crippen LogP contribution is 2.31. The average molecular weight is 279 g/mol. The third-order valence-corrected chi connectivity index (χ3v) is 4.32. The van der Waals surface area contributed by atoms with E-state index in [2.05, 4.69) is 10.2 Å². The number of carboxylic acids is 1. The number of nitrogens with zero attached hydrogens (tertiary/aromatic N) is 1. The van der Waals surface area contributed by atoms with Gasteiger partial charge in [-0.2, -0.15) is 0 Å². The average Bonchev–Trinajstić information content (AvgIpc) is 2.96. The second kappa shape index (κ2) is 4.94. The van der Waals surface area contributed by atoms with Gasteiger partial charge in [-0.15, -0.1) is 0 Å². The van der Waals surface area contributed by atoms with E-state index < -0.39 is 11.8 Å². The Hall–Kier alpha value is -1.82. The molecule has 0 aromatic heterocycles. The van der Waals surface area contributed by atoms with Crippen LogP contribution in [-0.4, -0.2) is 41.1 Å². The Labute approximate surface area is 116 Å². The van der Waals surface area contributed by atoms with E-state index in [1.54, 1.807) is 0 Å². The van der Waals surface area contributed by atoms with Crippen LogP contribution in [0.5, 0.6) is 0 Å². The minimum atomic E-state index is -1.14. The number of carboxylic acid groups (broad SMARTS) is 1. The molecule has 2 aliphatic rings. The maximum atomic E-state index is 13.9. The first-order valence-electron chi connectivity index (χ1n) is 6.89. The predicted molar refractivity (Wildman–Crippen MR) is 74.4 cm³/mol. The number of anilines is 2. The van der Waals surface area contributed by atoms with Crippen molar-refractivity contribution in [3.05, 3.63) is 23.5 Å². The highest BCUT2D eigenvalue weighted by molar-refractivity contribution is 5.94. The van der Waals surface area contributed by atoms with Crippen molar-refractivity contribution in [2.24, 2.45) is 0 Å². The number of halogens is 1. The van der Waals surface area contributed by atoms with E-state index in [-0.39, 0.29) is 23.0 Å². The molecule has 0 radical (unpaired) electrons. The molecule has 5 nitrogen and oxygen atoms in total. The van der Waals surface area contributed by atoms with Crippen LogP contribution in [0.25, 0.3) is 0 Å². The van der Waals surface area contributed by atoms with Crippen LogP contribution in [-0.2, 0) is 0 Å². The SMILES string of the molecule is Nc1cc(F)c(NC2CCN3CCCC23)cc1C(=O)O. The van der Waals surface area contributed by atoms with Crippen LogP contribution in [0.4, 0.5) is 15.8 Å². The number of carbonyl (C=O) groups is 1. The van der Waals surface area contributed by atoms with Crippen LogP contribution in [0, 0.1) is 5.82 Å². The van der Waals surface area contributed by atoms with E-state index in [4.69, 9.17) is 10.8 Å². The van der Waals surface area contributed by atoms with Crippen molar-refractivity contribution in [1.82, 2.24) is 4.90 Å². The molecule has 1 aromatic carbocycles. The van der Waals surface area contributed by atoms with E-state index in [9.17, 15) is 9.18 Å². The molecule has 0 saturated carbocycles. The van der Waals surface area contributed by atoms with Gasteiger partial charge >= 0.3 is 5.97 Å². The number of fused-ring (bicyclic) bond motifs is 1. The molecule has 0 spiro atoms. The molecule has 20 heavy (non-hydrogen) atoms. The lowest BCUT2D eigenvalue weighted by Gasteiger charge is -2.22. The summed E-state index contributed by atoms with van der Waals surface area (Å²) in [5.41, 5.74) is 5.65. The van der Waals surface area contributed by atoms with Crippen molar-refractivity contribution in [1.29, 1.82) is 0 Å². The largest absolute Gasteiger partial charge is 0.478 e. The summed E-state index contributed by atoms with van der Waals surface area (Å²) in [7, 11) is 0. The van der Waals surface area contributed by atoms with Crippen LogP contribution >= 0.6 is 0 Å². The monoisotopic (exact) mass is 279 g/mol. The van der Waals surface area contributed by atoms with Gasteiger partial charge in [0.1, 0.15) is 5.82 Å². The molecule has 1 aromatic rings. The maximum Gasteiger partial charge on any atom is 0.337 e. The molecule has 2 aliphatic heterocycles. The Morgan fingerprint density at radius 1 is 1.40 bits per heavy atom. The lowest BCUT2D eigenvalue weighted by atomic mass is 10.1. The van der Waals surface area contributed by atoms with Gasteiger partial charge in [-0.25, -0.2) is 9.18 Å². The standard InChI is InChI=1S/C14H18FN3O2/c15-9-7-10(16)8(14(19)20)6-12(9)17-11-3-5-18-4-1-2-13(11)18/h6-7,11,13,17H,1-5,16H2,(H,19,20). The van der Waals surface area contributed by atoms with E-state index in [0.717, 1.165) is 32.0 Å². The van der Waals surface area contributed by atoms with Gasteiger partial charge in [-0.05, 0) is 37.9 Å². The molecule has 2 saturated heterocycles. The summed E-state index contributed by atoms with van der Waals surface area (Å²) >= 11 is 0. The lowest BCUT2D eigenvalue weighted by molar-refractivity contribution is 0.0698. The zero-order valence-corrected chi connectivity index (χ0v) is 11.1. The molecule has 4 N–H and O–H groups in total. The third-order valence-electron chi connectivity index (χ3n) is 4.32. The quantitative estimate of drug-likeness (QED) is 0.735. The lowest BCUT2D eigenvalue weighted by Crippen LogP contribution is -2.34. The summed E-state index contributed by atoms with van der Waals surface area (Å²) in [6.45, 7) is 2.12. The Morgan fingerprint density at radius 2 is 2.20 bits per heavy atom. The summed E-state index contributed by atoms with van der Waals surface area (Å²) in [5.74, 6) is -1.64. The Bertz CT molecular complexity index is 549. The highest BCUT2D eigenvalue weighted by Gasteiger charge is 2.37. The van der Waals surface area contributed by atoms with Crippen molar-refractivity contribution in [3.63, 3.8) is 0 Å². The Balaban J connectivity index is 1.83.